The minimum Gasteiger partial charge on any atom is -0.353 e. The van der Waals surface area contributed by atoms with E-state index in [1.54, 1.807) is 0 Å². The number of hydrogen-bond donors (Lipinski definition) is 0. The molecule has 1 aromatic carbocycles. The van der Waals surface area contributed by atoms with Crippen molar-refractivity contribution >= 4 is 5.78 Å². The molecule has 0 radical (unpaired) electrons. The predicted molar refractivity (Wildman–Crippen MR) is 70.3 cm³/mol. The number of carbonyl (C=O) groups is 1. The molecule has 9 heteroatoms. The molecule has 0 amide bonds. The second-order valence-electron chi connectivity index (χ2n) is 5.28. The fourth-order valence-corrected chi connectivity index (χ4v) is 2.21. The Bertz CT molecular complexity index is 556. The Morgan fingerprint density at radius 3 is 1.92 bits per heavy atom. The van der Waals surface area contributed by atoms with Crippen LogP contribution in [0.25, 0.3) is 0 Å². The van der Waals surface area contributed by atoms with Crippen molar-refractivity contribution in [1.82, 2.24) is 0 Å². The second-order valence-corrected chi connectivity index (χ2v) is 5.28. The summed E-state index contributed by atoms with van der Waals surface area (Å²) in [6.45, 7) is 0.862. The average molecular weight is 356 g/mol. The normalized spacial score (nSPS) is 17.1. The van der Waals surface area contributed by atoms with E-state index in [1.165, 1.54) is 0 Å². The molecule has 1 aromatic rings. The Kier molecular flexibility index (Phi) is 5.54. The number of alkyl halides is 6. The Labute approximate surface area is 133 Å². The molecule has 24 heavy (non-hydrogen) atoms. The molecule has 1 aliphatic rings. The fourth-order valence-electron chi connectivity index (χ4n) is 2.21. The van der Waals surface area contributed by atoms with Crippen molar-refractivity contribution in [1.29, 1.82) is 0 Å². The molecule has 0 aliphatic carbocycles. The van der Waals surface area contributed by atoms with E-state index in [-0.39, 0.29) is 18.9 Å². The fraction of sp³-hybridized carbons (Fsp3) is 0.533. The highest BCUT2D eigenvalue weighted by Gasteiger charge is 2.37. The van der Waals surface area contributed by atoms with Gasteiger partial charge in [-0.3, -0.25) is 4.79 Å². The van der Waals surface area contributed by atoms with Gasteiger partial charge in [-0.2, -0.15) is 26.3 Å². The van der Waals surface area contributed by atoms with E-state index in [4.69, 9.17) is 9.47 Å². The third-order valence-electron chi connectivity index (χ3n) is 3.41. The van der Waals surface area contributed by atoms with Crippen LogP contribution in [0, 0.1) is 0 Å². The van der Waals surface area contributed by atoms with Crippen LogP contribution in [-0.2, 0) is 21.8 Å². The summed E-state index contributed by atoms with van der Waals surface area (Å²) >= 11 is 0. The van der Waals surface area contributed by atoms with Crippen LogP contribution in [-0.4, -0.2) is 25.3 Å². The van der Waals surface area contributed by atoms with Gasteiger partial charge in [-0.15, -0.1) is 0 Å². The van der Waals surface area contributed by atoms with E-state index >= 15 is 0 Å². The zero-order chi connectivity index (χ0) is 18.0. The maximum atomic E-state index is 12.8. The number of ether oxygens (including phenoxy) is 2. The van der Waals surface area contributed by atoms with Gasteiger partial charge in [0.15, 0.2) is 12.1 Å². The minimum absolute atomic E-state index is 0.00978. The van der Waals surface area contributed by atoms with Crippen LogP contribution in [0.15, 0.2) is 18.2 Å². The summed E-state index contributed by atoms with van der Waals surface area (Å²) in [6.07, 6.45) is -10.2. The van der Waals surface area contributed by atoms with Crippen LogP contribution < -0.4 is 0 Å². The average Bonchev–Trinajstić information content (AvgIpc) is 2.51. The van der Waals surface area contributed by atoms with Crippen LogP contribution in [0.4, 0.5) is 26.3 Å². The molecular weight excluding hydrogens is 342 g/mol. The molecule has 0 N–H and O–H groups in total. The second kappa shape index (κ2) is 7.10. The first kappa shape index (κ1) is 18.7. The first-order valence-corrected chi connectivity index (χ1v) is 7.13. The van der Waals surface area contributed by atoms with E-state index in [0.717, 1.165) is 0 Å². The monoisotopic (exact) mass is 356 g/mol. The maximum Gasteiger partial charge on any atom is 0.416 e. The molecular formula is C15H14F6O3. The van der Waals surface area contributed by atoms with Crippen LogP contribution in [0.2, 0.25) is 0 Å². The zero-order valence-corrected chi connectivity index (χ0v) is 12.3. The van der Waals surface area contributed by atoms with Gasteiger partial charge in [0.25, 0.3) is 0 Å². The lowest BCUT2D eigenvalue weighted by molar-refractivity contribution is -0.180. The number of Topliss-reactive ketones (excluding diaryl/α,β-unsaturated/α-hetero) is 1. The Hall–Kier alpha value is -1.61. The third kappa shape index (κ3) is 4.94. The zero-order valence-electron chi connectivity index (χ0n) is 12.3. The summed E-state index contributed by atoms with van der Waals surface area (Å²) in [6, 6.07) is 0.852. The maximum absolute atomic E-state index is 12.8. The molecule has 0 spiro atoms. The molecule has 0 bridgehead atoms. The molecule has 1 fully saturated rings. The Morgan fingerprint density at radius 2 is 1.46 bits per heavy atom. The van der Waals surface area contributed by atoms with Gasteiger partial charge < -0.3 is 9.47 Å². The Balaban J connectivity index is 2.19. The summed E-state index contributed by atoms with van der Waals surface area (Å²) in [5.41, 5.74) is -3.65. The van der Waals surface area contributed by atoms with Gasteiger partial charge >= 0.3 is 12.4 Å². The highest BCUT2D eigenvalue weighted by atomic mass is 19.4. The molecule has 1 saturated heterocycles. The topological polar surface area (TPSA) is 35.5 Å². The first-order chi connectivity index (χ1) is 11.1. The standard InChI is InChI=1S/C15H14F6O3/c16-14(17,18)10-6-9(7-11(8-10)15(19,20)21)12(22)2-3-13-23-4-1-5-24-13/h6-8,13H,1-5H2. The van der Waals surface area contributed by atoms with Crippen LogP contribution in [0.1, 0.15) is 40.7 Å². The molecule has 2 rings (SSSR count). The van der Waals surface area contributed by atoms with E-state index in [0.29, 0.717) is 31.8 Å². The smallest absolute Gasteiger partial charge is 0.353 e. The number of carbonyl (C=O) groups excluding carboxylic acids is 1. The third-order valence-corrected chi connectivity index (χ3v) is 3.41. The quantitative estimate of drug-likeness (QED) is 0.591. The van der Waals surface area contributed by atoms with E-state index in [9.17, 15) is 31.1 Å². The lowest BCUT2D eigenvalue weighted by Crippen LogP contribution is -2.25. The van der Waals surface area contributed by atoms with Crippen molar-refractivity contribution in [3.05, 3.63) is 34.9 Å². The Morgan fingerprint density at radius 1 is 0.958 bits per heavy atom. The van der Waals surface area contributed by atoms with Gasteiger partial charge in [-0.1, -0.05) is 0 Å². The van der Waals surface area contributed by atoms with Gasteiger partial charge in [0, 0.05) is 18.4 Å². The van der Waals surface area contributed by atoms with E-state index in [2.05, 4.69) is 0 Å². The first-order valence-electron chi connectivity index (χ1n) is 7.13. The van der Waals surface area contributed by atoms with Crippen LogP contribution in [0.5, 0.6) is 0 Å². The van der Waals surface area contributed by atoms with E-state index in [1.807, 2.05) is 0 Å². The highest BCUT2D eigenvalue weighted by molar-refractivity contribution is 5.96. The SMILES string of the molecule is O=C(CCC1OCCCO1)c1cc(C(F)(F)F)cc(C(F)(F)F)c1. The van der Waals surface area contributed by atoms with Gasteiger partial charge in [0.05, 0.1) is 24.3 Å². The molecule has 134 valence electrons. The van der Waals surface area contributed by atoms with Crippen molar-refractivity contribution in [2.24, 2.45) is 0 Å². The minimum atomic E-state index is -4.98. The van der Waals surface area contributed by atoms with Gasteiger partial charge in [-0.05, 0) is 24.6 Å². The summed E-state index contributed by atoms with van der Waals surface area (Å²) in [7, 11) is 0. The van der Waals surface area contributed by atoms with Crippen molar-refractivity contribution in [2.45, 2.75) is 37.9 Å². The molecule has 1 aliphatic heterocycles. The predicted octanol–water partition coefficient (Wildman–Crippen LogP) is 4.45. The summed E-state index contributed by atoms with van der Waals surface area (Å²) in [5.74, 6) is -0.829. The lowest BCUT2D eigenvalue weighted by Gasteiger charge is -2.22. The number of ketones is 1. The number of benzene rings is 1. The van der Waals surface area contributed by atoms with Gasteiger partial charge in [-0.25, -0.2) is 0 Å². The largest absolute Gasteiger partial charge is 0.416 e. The molecule has 0 unspecified atom stereocenters. The van der Waals surface area contributed by atoms with Crippen molar-refractivity contribution in [3.63, 3.8) is 0 Å². The van der Waals surface area contributed by atoms with E-state index < -0.39 is 41.1 Å². The number of halogens is 6. The van der Waals surface area contributed by atoms with Crippen molar-refractivity contribution < 1.29 is 40.6 Å². The van der Waals surface area contributed by atoms with Gasteiger partial charge in [0.1, 0.15) is 0 Å². The summed E-state index contributed by atoms with van der Waals surface area (Å²) < 4.78 is 86.9. The van der Waals surface area contributed by atoms with Crippen molar-refractivity contribution in [2.75, 3.05) is 13.2 Å². The van der Waals surface area contributed by atoms with Crippen LogP contribution in [0.3, 0.4) is 0 Å². The molecule has 0 aromatic heterocycles. The number of rotatable bonds is 4. The summed E-state index contributed by atoms with van der Waals surface area (Å²) in [4.78, 5) is 12.0. The molecule has 1 heterocycles. The number of hydrogen-bond acceptors (Lipinski definition) is 3. The highest BCUT2D eigenvalue weighted by Crippen LogP contribution is 2.36. The lowest BCUT2D eigenvalue weighted by atomic mass is 9.99. The molecule has 3 nitrogen and oxygen atoms in total. The molecule has 0 saturated carbocycles. The van der Waals surface area contributed by atoms with Crippen LogP contribution >= 0.6 is 0 Å². The van der Waals surface area contributed by atoms with Crippen molar-refractivity contribution in [3.8, 4) is 0 Å². The molecule has 0 atom stereocenters. The summed E-state index contributed by atoms with van der Waals surface area (Å²) in [5, 5.41) is 0. The van der Waals surface area contributed by atoms with Gasteiger partial charge in [0.2, 0.25) is 0 Å².